The highest BCUT2D eigenvalue weighted by atomic mass is 16.4. The van der Waals surface area contributed by atoms with Crippen molar-refractivity contribution in [1.82, 2.24) is 4.98 Å². The van der Waals surface area contributed by atoms with Gasteiger partial charge in [0.1, 0.15) is 0 Å². The summed E-state index contributed by atoms with van der Waals surface area (Å²) in [5, 5.41) is 8.61. The van der Waals surface area contributed by atoms with Gasteiger partial charge in [0, 0.05) is 12.4 Å². The van der Waals surface area contributed by atoms with Crippen LogP contribution < -0.4 is 0 Å². The number of pyridine rings is 1. The van der Waals surface area contributed by atoms with Crippen molar-refractivity contribution in [2.75, 3.05) is 0 Å². The van der Waals surface area contributed by atoms with E-state index in [1.165, 1.54) is 0 Å². The van der Waals surface area contributed by atoms with Crippen LogP contribution in [0.4, 0.5) is 0 Å². The number of hydrogen-bond acceptors (Lipinski definition) is 2. The maximum Gasteiger partial charge on any atom is 0.310 e. The van der Waals surface area contributed by atoms with E-state index < -0.39 is 11.9 Å². The minimum atomic E-state index is -0.821. The number of aromatic nitrogens is 1. The van der Waals surface area contributed by atoms with E-state index in [2.05, 4.69) is 4.98 Å². The first-order valence-corrected chi connectivity index (χ1v) is 3.34. The Labute approximate surface area is 64.7 Å². The summed E-state index contributed by atoms with van der Waals surface area (Å²) in [5.41, 5.74) is 0.736. The molecule has 0 aliphatic carbocycles. The smallest absolute Gasteiger partial charge is 0.310 e. The molecule has 1 N–H and O–H groups in total. The second-order valence-electron chi connectivity index (χ2n) is 2.35. The van der Waals surface area contributed by atoms with Crippen LogP contribution in [0.3, 0.4) is 0 Å². The summed E-state index contributed by atoms with van der Waals surface area (Å²) in [6.45, 7) is 1.64. The summed E-state index contributed by atoms with van der Waals surface area (Å²) in [7, 11) is 0. The van der Waals surface area contributed by atoms with Crippen LogP contribution in [0.5, 0.6) is 0 Å². The highest BCUT2D eigenvalue weighted by Gasteiger charge is 2.12. The quantitative estimate of drug-likeness (QED) is 0.692. The van der Waals surface area contributed by atoms with Crippen molar-refractivity contribution >= 4 is 5.97 Å². The van der Waals surface area contributed by atoms with E-state index in [1.54, 1.807) is 31.5 Å². The van der Waals surface area contributed by atoms with Crippen LogP contribution in [0, 0.1) is 0 Å². The van der Waals surface area contributed by atoms with Crippen molar-refractivity contribution in [3.63, 3.8) is 0 Å². The average Bonchev–Trinajstić information content (AvgIpc) is 2.05. The largest absolute Gasteiger partial charge is 0.481 e. The number of carbonyl (C=O) groups is 1. The van der Waals surface area contributed by atoms with Crippen molar-refractivity contribution < 1.29 is 9.90 Å². The molecule has 1 heterocycles. The molecule has 0 fully saturated rings. The third kappa shape index (κ3) is 1.77. The summed E-state index contributed by atoms with van der Waals surface area (Å²) < 4.78 is 0. The Hall–Kier alpha value is -1.38. The van der Waals surface area contributed by atoms with Gasteiger partial charge in [0.15, 0.2) is 0 Å². The fraction of sp³-hybridized carbons (Fsp3) is 0.250. The van der Waals surface area contributed by atoms with E-state index in [0.717, 1.165) is 5.56 Å². The molecule has 1 atom stereocenters. The molecule has 58 valence electrons. The van der Waals surface area contributed by atoms with Gasteiger partial charge >= 0.3 is 5.97 Å². The lowest BCUT2D eigenvalue weighted by Gasteiger charge is -2.03. The third-order valence-electron chi connectivity index (χ3n) is 1.55. The van der Waals surface area contributed by atoms with Crippen LogP contribution in [-0.4, -0.2) is 16.1 Å². The number of carboxylic acid groups (broad SMARTS) is 1. The van der Waals surface area contributed by atoms with Gasteiger partial charge in [-0.2, -0.15) is 0 Å². The van der Waals surface area contributed by atoms with Gasteiger partial charge in [0.2, 0.25) is 0 Å². The van der Waals surface area contributed by atoms with E-state index in [9.17, 15) is 4.79 Å². The second kappa shape index (κ2) is 3.14. The zero-order valence-corrected chi connectivity index (χ0v) is 6.19. The lowest BCUT2D eigenvalue weighted by molar-refractivity contribution is -0.138. The number of carboxylic acids is 1. The van der Waals surface area contributed by atoms with Gasteiger partial charge in [-0.1, -0.05) is 6.07 Å². The van der Waals surface area contributed by atoms with Crippen LogP contribution in [0.25, 0.3) is 0 Å². The molecule has 3 heteroatoms. The molecular weight excluding hydrogens is 142 g/mol. The Kier molecular flexibility index (Phi) is 2.21. The average molecular weight is 151 g/mol. The molecule has 0 bridgehead atoms. The SMILES string of the molecule is C[C@H](C(=O)O)c1cccnc1. The standard InChI is InChI=1S/C8H9NO2/c1-6(8(10)11)7-3-2-4-9-5-7/h2-6H,1H3,(H,10,11)/t6-/m0/s1. The van der Waals surface area contributed by atoms with Gasteiger partial charge in [0.25, 0.3) is 0 Å². The van der Waals surface area contributed by atoms with Crippen molar-refractivity contribution in [2.24, 2.45) is 0 Å². The van der Waals surface area contributed by atoms with E-state index in [-0.39, 0.29) is 0 Å². The molecule has 1 aromatic heterocycles. The summed E-state index contributed by atoms with van der Waals surface area (Å²) in [6, 6.07) is 3.49. The zero-order chi connectivity index (χ0) is 8.27. The molecule has 0 saturated heterocycles. The number of nitrogens with zero attached hydrogens (tertiary/aromatic N) is 1. The normalized spacial score (nSPS) is 12.5. The molecule has 0 aliphatic heterocycles. The predicted molar refractivity (Wildman–Crippen MR) is 40.3 cm³/mol. The number of aliphatic carboxylic acids is 1. The van der Waals surface area contributed by atoms with Gasteiger partial charge in [0.05, 0.1) is 5.92 Å². The Bertz CT molecular complexity index is 246. The van der Waals surface area contributed by atoms with Crippen molar-refractivity contribution in [2.45, 2.75) is 12.8 Å². The molecule has 0 aliphatic rings. The fourth-order valence-electron chi connectivity index (χ4n) is 0.775. The van der Waals surface area contributed by atoms with Gasteiger partial charge in [-0.15, -0.1) is 0 Å². The first-order chi connectivity index (χ1) is 5.22. The molecule has 0 radical (unpaired) electrons. The van der Waals surface area contributed by atoms with Crippen LogP contribution >= 0.6 is 0 Å². The van der Waals surface area contributed by atoms with Crippen LogP contribution in [0.15, 0.2) is 24.5 Å². The maximum atomic E-state index is 10.5. The molecule has 0 saturated carbocycles. The maximum absolute atomic E-state index is 10.5. The van der Waals surface area contributed by atoms with Crippen molar-refractivity contribution in [1.29, 1.82) is 0 Å². The Morgan fingerprint density at radius 1 is 1.73 bits per heavy atom. The van der Waals surface area contributed by atoms with E-state index in [4.69, 9.17) is 5.11 Å². The topological polar surface area (TPSA) is 50.2 Å². The minimum absolute atomic E-state index is 0.469. The molecule has 0 unspecified atom stereocenters. The molecule has 11 heavy (non-hydrogen) atoms. The van der Waals surface area contributed by atoms with Crippen molar-refractivity contribution in [3.05, 3.63) is 30.1 Å². The number of hydrogen-bond donors (Lipinski definition) is 1. The molecular formula is C8H9NO2. The van der Waals surface area contributed by atoms with Gasteiger partial charge in [-0.3, -0.25) is 9.78 Å². The van der Waals surface area contributed by atoms with Gasteiger partial charge in [-0.25, -0.2) is 0 Å². The second-order valence-corrected chi connectivity index (χ2v) is 2.35. The molecule has 1 aromatic rings. The minimum Gasteiger partial charge on any atom is -0.481 e. The lowest BCUT2D eigenvalue weighted by atomic mass is 10.0. The van der Waals surface area contributed by atoms with E-state index >= 15 is 0 Å². The molecule has 0 amide bonds. The summed E-state index contributed by atoms with van der Waals surface area (Å²) in [5.74, 6) is -1.29. The molecule has 0 aromatic carbocycles. The Morgan fingerprint density at radius 3 is 2.91 bits per heavy atom. The zero-order valence-electron chi connectivity index (χ0n) is 6.19. The van der Waals surface area contributed by atoms with Crippen LogP contribution in [0.1, 0.15) is 18.4 Å². The van der Waals surface area contributed by atoms with Gasteiger partial charge < -0.3 is 5.11 Å². The van der Waals surface area contributed by atoms with Gasteiger partial charge in [-0.05, 0) is 18.6 Å². The fourth-order valence-corrected chi connectivity index (χ4v) is 0.775. The Balaban J connectivity index is 2.85. The van der Waals surface area contributed by atoms with E-state index in [0.29, 0.717) is 0 Å². The predicted octanol–water partition coefficient (Wildman–Crippen LogP) is 1.27. The van der Waals surface area contributed by atoms with Crippen LogP contribution in [-0.2, 0) is 4.79 Å². The summed E-state index contributed by atoms with van der Waals surface area (Å²) in [4.78, 5) is 14.3. The lowest BCUT2D eigenvalue weighted by Crippen LogP contribution is -2.07. The molecule has 3 nitrogen and oxygen atoms in total. The first kappa shape index (κ1) is 7.72. The molecule has 1 rings (SSSR count). The Morgan fingerprint density at radius 2 is 2.45 bits per heavy atom. The highest BCUT2D eigenvalue weighted by molar-refractivity contribution is 5.75. The third-order valence-corrected chi connectivity index (χ3v) is 1.55. The molecule has 0 spiro atoms. The first-order valence-electron chi connectivity index (χ1n) is 3.34. The highest BCUT2D eigenvalue weighted by Crippen LogP contribution is 2.12. The summed E-state index contributed by atoms with van der Waals surface area (Å²) in [6.07, 6.45) is 3.19. The van der Waals surface area contributed by atoms with Crippen molar-refractivity contribution in [3.8, 4) is 0 Å². The van der Waals surface area contributed by atoms with Crippen LogP contribution in [0.2, 0.25) is 0 Å². The number of rotatable bonds is 2. The van der Waals surface area contributed by atoms with E-state index in [1.807, 2.05) is 0 Å². The summed E-state index contributed by atoms with van der Waals surface area (Å²) >= 11 is 0. The monoisotopic (exact) mass is 151 g/mol.